The van der Waals surface area contributed by atoms with Crippen molar-refractivity contribution >= 4 is 18.4 Å². The van der Waals surface area contributed by atoms with Crippen molar-refractivity contribution in [2.24, 2.45) is 0 Å². The third-order valence-corrected chi connectivity index (χ3v) is 3.94. The maximum atomic E-state index is 12.1. The summed E-state index contributed by atoms with van der Waals surface area (Å²) in [5.41, 5.74) is 0.330. The number of halogens is 1. The highest BCUT2D eigenvalue weighted by Crippen LogP contribution is 2.49. The van der Waals surface area contributed by atoms with Gasteiger partial charge in [-0.15, -0.1) is 12.4 Å². The van der Waals surface area contributed by atoms with Crippen molar-refractivity contribution in [1.82, 2.24) is 4.90 Å². The fraction of sp³-hybridized carbons (Fsp3) is 0.462. The number of piperidine rings is 1. The molecule has 1 aromatic rings. The van der Waals surface area contributed by atoms with Crippen molar-refractivity contribution in [2.75, 3.05) is 20.1 Å². The number of ether oxygens (including phenoxy) is 1. The van der Waals surface area contributed by atoms with Crippen LogP contribution in [0.1, 0.15) is 18.4 Å². The van der Waals surface area contributed by atoms with Gasteiger partial charge >= 0.3 is 5.97 Å². The predicted molar refractivity (Wildman–Crippen MR) is 69.4 cm³/mol. The van der Waals surface area contributed by atoms with Crippen LogP contribution in [0.4, 0.5) is 0 Å². The van der Waals surface area contributed by atoms with Crippen molar-refractivity contribution < 1.29 is 14.6 Å². The van der Waals surface area contributed by atoms with Gasteiger partial charge in [-0.25, -0.2) is 0 Å². The van der Waals surface area contributed by atoms with Gasteiger partial charge in [-0.3, -0.25) is 4.79 Å². The number of benzene rings is 1. The molecule has 0 bridgehead atoms. The van der Waals surface area contributed by atoms with Crippen LogP contribution in [0, 0.1) is 0 Å². The molecular formula is C13H16ClNO3. The SMILES string of the molecule is CN1CCC2(CC1)C(=O)Oc1c(O)cccc12.Cl. The van der Waals surface area contributed by atoms with Crippen LogP contribution >= 0.6 is 12.4 Å². The number of para-hydroxylation sites is 1. The average molecular weight is 270 g/mol. The van der Waals surface area contributed by atoms with E-state index in [2.05, 4.69) is 11.9 Å². The van der Waals surface area contributed by atoms with Crippen LogP contribution in [0.2, 0.25) is 0 Å². The highest BCUT2D eigenvalue weighted by molar-refractivity contribution is 5.91. The molecule has 1 fully saturated rings. The summed E-state index contributed by atoms with van der Waals surface area (Å²) in [5, 5.41) is 9.73. The zero-order valence-electron chi connectivity index (χ0n) is 10.2. The van der Waals surface area contributed by atoms with E-state index >= 15 is 0 Å². The molecule has 0 unspecified atom stereocenters. The molecule has 3 rings (SSSR count). The first-order valence-corrected chi connectivity index (χ1v) is 5.87. The molecule has 5 heteroatoms. The Balaban J connectivity index is 0.00000120. The number of phenolic OH excluding ortho intramolecular Hbond substituents is 1. The standard InChI is InChI=1S/C13H15NO3.ClH/c1-14-7-5-13(6-8-14)9-3-2-4-10(15)11(9)17-12(13)16;/h2-4,15H,5-8H2,1H3;1H. The Morgan fingerprint density at radius 1 is 1.33 bits per heavy atom. The number of carbonyl (C=O) groups excluding carboxylic acids is 1. The maximum absolute atomic E-state index is 12.1. The molecule has 1 aromatic carbocycles. The van der Waals surface area contributed by atoms with Crippen LogP contribution < -0.4 is 4.74 Å². The summed E-state index contributed by atoms with van der Waals surface area (Å²) in [4.78, 5) is 14.3. The summed E-state index contributed by atoms with van der Waals surface area (Å²) in [7, 11) is 2.05. The molecule has 4 nitrogen and oxygen atoms in total. The van der Waals surface area contributed by atoms with Gasteiger partial charge in [0, 0.05) is 5.56 Å². The molecule has 1 saturated heterocycles. The van der Waals surface area contributed by atoms with Gasteiger partial charge < -0.3 is 14.7 Å². The van der Waals surface area contributed by atoms with Crippen LogP contribution in [0.3, 0.4) is 0 Å². The number of likely N-dealkylation sites (tertiary alicyclic amines) is 1. The van der Waals surface area contributed by atoms with Gasteiger partial charge in [-0.2, -0.15) is 0 Å². The Morgan fingerprint density at radius 2 is 2.00 bits per heavy atom. The van der Waals surface area contributed by atoms with Gasteiger partial charge in [-0.05, 0) is 39.0 Å². The fourth-order valence-electron chi connectivity index (χ4n) is 2.78. The molecular weight excluding hydrogens is 254 g/mol. The number of nitrogens with zero attached hydrogens (tertiary/aromatic N) is 1. The molecule has 0 aliphatic carbocycles. The van der Waals surface area contributed by atoms with E-state index in [-0.39, 0.29) is 24.1 Å². The highest BCUT2D eigenvalue weighted by atomic mass is 35.5. The van der Waals surface area contributed by atoms with E-state index in [0.717, 1.165) is 31.5 Å². The number of esters is 1. The first-order valence-electron chi connectivity index (χ1n) is 5.87. The number of carbonyl (C=O) groups is 1. The van der Waals surface area contributed by atoms with Crippen LogP contribution in [0.25, 0.3) is 0 Å². The average Bonchev–Trinajstić information content (AvgIpc) is 2.59. The minimum absolute atomic E-state index is 0. The Bertz CT molecular complexity index is 481. The Hall–Kier alpha value is -1.26. The molecule has 18 heavy (non-hydrogen) atoms. The van der Waals surface area contributed by atoms with E-state index in [4.69, 9.17) is 4.74 Å². The zero-order valence-corrected chi connectivity index (χ0v) is 11.0. The number of aromatic hydroxyl groups is 1. The third kappa shape index (κ3) is 1.68. The molecule has 0 saturated carbocycles. The van der Waals surface area contributed by atoms with Crippen molar-refractivity contribution in [1.29, 1.82) is 0 Å². The van der Waals surface area contributed by atoms with E-state index in [0.29, 0.717) is 5.75 Å². The van der Waals surface area contributed by atoms with Crippen LogP contribution in [0.5, 0.6) is 11.5 Å². The van der Waals surface area contributed by atoms with E-state index in [1.165, 1.54) is 0 Å². The van der Waals surface area contributed by atoms with E-state index < -0.39 is 5.41 Å². The van der Waals surface area contributed by atoms with Crippen LogP contribution in [-0.4, -0.2) is 36.1 Å². The Kier molecular flexibility index (Phi) is 3.25. The second kappa shape index (κ2) is 4.44. The molecule has 1 spiro atoms. The Morgan fingerprint density at radius 3 is 2.67 bits per heavy atom. The number of hydrogen-bond acceptors (Lipinski definition) is 4. The van der Waals surface area contributed by atoms with Crippen molar-refractivity contribution in [3.05, 3.63) is 23.8 Å². The Labute approximate surface area is 112 Å². The summed E-state index contributed by atoms with van der Waals surface area (Å²) in [6, 6.07) is 5.22. The number of hydrogen-bond donors (Lipinski definition) is 1. The van der Waals surface area contributed by atoms with Gasteiger partial charge in [0.1, 0.15) is 0 Å². The number of fused-ring (bicyclic) bond motifs is 2. The topological polar surface area (TPSA) is 49.8 Å². The van der Waals surface area contributed by atoms with E-state index in [9.17, 15) is 9.90 Å². The lowest BCUT2D eigenvalue weighted by molar-refractivity contribution is -0.140. The minimum atomic E-state index is -0.527. The number of phenols is 1. The summed E-state index contributed by atoms with van der Waals surface area (Å²) in [5.74, 6) is 0.218. The lowest BCUT2D eigenvalue weighted by Crippen LogP contribution is -2.44. The van der Waals surface area contributed by atoms with Gasteiger partial charge in [0.05, 0.1) is 5.41 Å². The minimum Gasteiger partial charge on any atom is -0.504 e. The predicted octanol–water partition coefficient (Wildman–Crippen LogP) is 1.70. The second-order valence-corrected chi connectivity index (χ2v) is 4.93. The summed E-state index contributed by atoms with van der Waals surface area (Å²) < 4.78 is 5.26. The van der Waals surface area contributed by atoms with E-state index in [1.54, 1.807) is 12.1 Å². The van der Waals surface area contributed by atoms with Crippen LogP contribution in [0.15, 0.2) is 18.2 Å². The quantitative estimate of drug-likeness (QED) is 0.575. The van der Waals surface area contributed by atoms with Crippen molar-refractivity contribution in [3.8, 4) is 11.5 Å². The first-order chi connectivity index (χ1) is 8.13. The fourth-order valence-corrected chi connectivity index (χ4v) is 2.78. The molecule has 0 radical (unpaired) electrons. The zero-order chi connectivity index (χ0) is 12.0. The van der Waals surface area contributed by atoms with E-state index in [1.807, 2.05) is 6.07 Å². The van der Waals surface area contributed by atoms with Gasteiger partial charge in [0.2, 0.25) is 0 Å². The molecule has 0 atom stereocenters. The lowest BCUT2D eigenvalue weighted by atomic mass is 9.74. The largest absolute Gasteiger partial charge is 0.504 e. The maximum Gasteiger partial charge on any atom is 0.322 e. The third-order valence-electron chi connectivity index (χ3n) is 3.94. The normalized spacial score (nSPS) is 21.3. The summed E-state index contributed by atoms with van der Waals surface area (Å²) in [6.07, 6.45) is 1.53. The molecule has 1 N–H and O–H groups in total. The summed E-state index contributed by atoms with van der Waals surface area (Å²) in [6.45, 7) is 1.76. The van der Waals surface area contributed by atoms with Crippen molar-refractivity contribution in [2.45, 2.75) is 18.3 Å². The molecule has 98 valence electrons. The molecule has 0 amide bonds. The first kappa shape index (κ1) is 13.2. The monoisotopic (exact) mass is 269 g/mol. The molecule has 0 aromatic heterocycles. The van der Waals surface area contributed by atoms with Gasteiger partial charge in [0.25, 0.3) is 0 Å². The van der Waals surface area contributed by atoms with Gasteiger partial charge in [0.15, 0.2) is 11.5 Å². The number of rotatable bonds is 0. The van der Waals surface area contributed by atoms with Gasteiger partial charge in [-0.1, -0.05) is 12.1 Å². The summed E-state index contributed by atoms with van der Waals surface area (Å²) >= 11 is 0. The molecule has 2 heterocycles. The molecule has 2 aliphatic rings. The second-order valence-electron chi connectivity index (χ2n) is 4.93. The lowest BCUT2D eigenvalue weighted by Gasteiger charge is -2.34. The van der Waals surface area contributed by atoms with Crippen LogP contribution in [-0.2, 0) is 10.2 Å². The molecule has 2 aliphatic heterocycles. The highest BCUT2D eigenvalue weighted by Gasteiger charge is 2.50. The van der Waals surface area contributed by atoms with Crippen molar-refractivity contribution in [3.63, 3.8) is 0 Å². The smallest absolute Gasteiger partial charge is 0.322 e.